The van der Waals surface area contributed by atoms with Gasteiger partial charge in [-0.3, -0.25) is 0 Å². The first-order valence-corrected chi connectivity index (χ1v) is 3.55. The largest absolute Gasteiger partial charge is 0.449 e. The van der Waals surface area contributed by atoms with E-state index in [4.69, 9.17) is 16.0 Å². The van der Waals surface area contributed by atoms with Crippen molar-refractivity contribution in [1.82, 2.24) is 15.1 Å². The fourth-order valence-electron chi connectivity index (χ4n) is 0.775. The number of nitrogens with zero attached hydrogens (tertiary/aromatic N) is 3. The van der Waals surface area contributed by atoms with E-state index >= 15 is 0 Å². The van der Waals surface area contributed by atoms with Crippen molar-refractivity contribution in [3.63, 3.8) is 0 Å². The van der Waals surface area contributed by atoms with Crippen molar-refractivity contribution >= 4 is 11.6 Å². The molecule has 0 saturated carbocycles. The second-order valence-electron chi connectivity index (χ2n) is 2.12. The molecule has 2 rings (SSSR count). The summed E-state index contributed by atoms with van der Waals surface area (Å²) in [5.41, 5.74) is 0.517. The molecule has 2 aromatic heterocycles. The molecule has 0 fully saturated rings. The summed E-state index contributed by atoms with van der Waals surface area (Å²) in [4.78, 5) is 7.74. The van der Waals surface area contributed by atoms with Crippen LogP contribution in [0, 0.1) is 6.92 Å². The maximum Gasteiger partial charge on any atom is 0.320 e. The molecule has 5 nitrogen and oxygen atoms in total. The minimum absolute atomic E-state index is 0.00865. The van der Waals surface area contributed by atoms with Gasteiger partial charge in [-0.2, -0.15) is 4.98 Å². The van der Waals surface area contributed by atoms with Crippen LogP contribution in [0.25, 0.3) is 11.5 Å². The maximum atomic E-state index is 5.42. The van der Waals surface area contributed by atoms with Gasteiger partial charge in [0.05, 0.1) is 0 Å². The third-order valence-corrected chi connectivity index (χ3v) is 1.40. The minimum Gasteiger partial charge on any atom is -0.449 e. The molecular formula is C6H4ClN3O2. The van der Waals surface area contributed by atoms with Gasteiger partial charge in [0.1, 0.15) is 6.26 Å². The highest BCUT2D eigenvalue weighted by molar-refractivity contribution is 6.27. The Hall–Kier alpha value is -1.36. The highest BCUT2D eigenvalue weighted by Crippen LogP contribution is 2.16. The molecular weight excluding hydrogens is 182 g/mol. The Bertz CT molecular complexity index is 357. The lowest BCUT2D eigenvalue weighted by molar-refractivity contribution is 0.420. The second-order valence-corrected chi connectivity index (χ2v) is 2.45. The molecule has 2 aromatic rings. The van der Waals surface area contributed by atoms with Crippen LogP contribution in [0.3, 0.4) is 0 Å². The lowest BCUT2D eigenvalue weighted by Crippen LogP contribution is -1.79. The van der Waals surface area contributed by atoms with Crippen molar-refractivity contribution in [2.75, 3.05) is 0 Å². The van der Waals surface area contributed by atoms with Crippen LogP contribution < -0.4 is 0 Å². The molecule has 0 saturated heterocycles. The Balaban J connectivity index is 2.43. The Labute approximate surface area is 72.4 Å². The average molecular weight is 186 g/mol. The predicted octanol–water partition coefficient (Wildman–Crippen LogP) is 1.69. The summed E-state index contributed by atoms with van der Waals surface area (Å²) in [5, 5.41) is 3.55. The van der Waals surface area contributed by atoms with Gasteiger partial charge in [-0.25, -0.2) is 4.98 Å². The second kappa shape index (κ2) is 2.60. The summed E-state index contributed by atoms with van der Waals surface area (Å²) in [6.07, 6.45) is 1.44. The van der Waals surface area contributed by atoms with Crippen molar-refractivity contribution in [3.05, 3.63) is 17.5 Å². The van der Waals surface area contributed by atoms with Crippen molar-refractivity contribution in [1.29, 1.82) is 0 Å². The topological polar surface area (TPSA) is 65.0 Å². The molecule has 0 aliphatic carbocycles. The maximum absolute atomic E-state index is 5.42. The predicted molar refractivity (Wildman–Crippen MR) is 39.5 cm³/mol. The molecule has 0 aliphatic heterocycles. The van der Waals surface area contributed by atoms with Crippen LogP contribution in [0.2, 0.25) is 5.35 Å². The van der Waals surface area contributed by atoms with E-state index < -0.39 is 0 Å². The summed E-state index contributed by atoms with van der Waals surface area (Å²) in [7, 11) is 0. The van der Waals surface area contributed by atoms with E-state index in [1.807, 2.05) is 0 Å². The van der Waals surface area contributed by atoms with Crippen molar-refractivity contribution in [2.45, 2.75) is 6.92 Å². The van der Waals surface area contributed by atoms with Crippen molar-refractivity contribution in [2.24, 2.45) is 0 Å². The molecule has 0 bridgehead atoms. The van der Waals surface area contributed by atoms with E-state index in [-0.39, 0.29) is 5.35 Å². The summed E-state index contributed by atoms with van der Waals surface area (Å²) in [6, 6.07) is 0. The van der Waals surface area contributed by atoms with Gasteiger partial charge in [0.25, 0.3) is 0 Å². The van der Waals surface area contributed by atoms with E-state index in [0.717, 1.165) is 0 Å². The molecule has 2 heterocycles. The summed E-state index contributed by atoms with van der Waals surface area (Å²) >= 11 is 5.42. The third kappa shape index (κ3) is 1.18. The SMILES string of the molecule is Cc1nc(-c2noc(Cl)n2)co1. The van der Waals surface area contributed by atoms with E-state index in [2.05, 4.69) is 19.6 Å². The molecule has 0 aromatic carbocycles. The molecule has 0 aliphatic rings. The number of halogens is 1. The zero-order chi connectivity index (χ0) is 8.55. The van der Waals surface area contributed by atoms with Gasteiger partial charge in [0.15, 0.2) is 11.6 Å². The Morgan fingerprint density at radius 2 is 2.25 bits per heavy atom. The third-order valence-electron chi connectivity index (χ3n) is 1.25. The standard InChI is InChI=1S/C6H4ClN3O2/c1-3-8-4(2-11-3)5-9-6(7)12-10-5/h2H,1H3. The van der Waals surface area contributed by atoms with E-state index in [1.54, 1.807) is 6.92 Å². The van der Waals surface area contributed by atoms with Gasteiger partial charge in [-0.1, -0.05) is 5.16 Å². The Kier molecular flexibility index (Phi) is 1.58. The van der Waals surface area contributed by atoms with Gasteiger partial charge < -0.3 is 8.94 Å². The van der Waals surface area contributed by atoms with E-state index in [9.17, 15) is 0 Å². The quantitative estimate of drug-likeness (QED) is 0.676. The van der Waals surface area contributed by atoms with Gasteiger partial charge in [-0.15, -0.1) is 0 Å². The van der Waals surface area contributed by atoms with Crippen LogP contribution in [0.4, 0.5) is 0 Å². The molecule has 0 unspecified atom stereocenters. The smallest absolute Gasteiger partial charge is 0.320 e. The number of hydrogen-bond acceptors (Lipinski definition) is 5. The highest BCUT2D eigenvalue weighted by Gasteiger charge is 2.09. The number of aryl methyl sites for hydroxylation is 1. The molecule has 0 radical (unpaired) electrons. The zero-order valence-corrected chi connectivity index (χ0v) is 6.87. The average Bonchev–Trinajstić information content (AvgIpc) is 2.58. The Morgan fingerprint density at radius 1 is 1.42 bits per heavy atom. The van der Waals surface area contributed by atoms with Crippen molar-refractivity contribution in [3.8, 4) is 11.5 Å². The van der Waals surface area contributed by atoms with Crippen LogP contribution in [-0.2, 0) is 0 Å². The monoisotopic (exact) mass is 185 g/mol. The lowest BCUT2D eigenvalue weighted by atomic mass is 10.5. The molecule has 0 spiro atoms. The molecule has 0 atom stereocenters. The van der Waals surface area contributed by atoms with Gasteiger partial charge >= 0.3 is 5.35 Å². The highest BCUT2D eigenvalue weighted by atomic mass is 35.5. The Morgan fingerprint density at radius 3 is 2.75 bits per heavy atom. The summed E-state index contributed by atoms with van der Waals surface area (Å²) in [6.45, 7) is 1.73. The van der Waals surface area contributed by atoms with Gasteiger partial charge in [-0.05, 0) is 11.6 Å². The van der Waals surface area contributed by atoms with Crippen LogP contribution in [-0.4, -0.2) is 15.1 Å². The van der Waals surface area contributed by atoms with Crippen LogP contribution in [0.15, 0.2) is 15.2 Å². The number of oxazole rings is 1. The zero-order valence-electron chi connectivity index (χ0n) is 6.11. The first kappa shape index (κ1) is 7.30. The van der Waals surface area contributed by atoms with E-state index in [0.29, 0.717) is 17.4 Å². The fraction of sp³-hybridized carbons (Fsp3) is 0.167. The first-order valence-electron chi connectivity index (χ1n) is 3.17. The summed E-state index contributed by atoms with van der Waals surface area (Å²) in [5.74, 6) is 0.878. The molecule has 0 amide bonds. The fourth-order valence-corrected chi connectivity index (χ4v) is 0.890. The van der Waals surface area contributed by atoms with Gasteiger partial charge in [0.2, 0.25) is 5.82 Å². The first-order chi connectivity index (χ1) is 5.75. The normalized spacial score (nSPS) is 10.5. The summed E-state index contributed by atoms with van der Waals surface area (Å²) < 4.78 is 9.50. The number of hydrogen-bond donors (Lipinski definition) is 0. The molecule has 12 heavy (non-hydrogen) atoms. The molecule has 62 valence electrons. The van der Waals surface area contributed by atoms with Crippen LogP contribution in [0.5, 0.6) is 0 Å². The number of rotatable bonds is 1. The molecule has 6 heteroatoms. The molecule has 0 N–H and O–H groups in total. The van der Waals surface area contributed by atoms with Gasteiger partial charge in [0, 0.05) is 6.92 Å². The van der Waals surface area contributed by atoms with E-state index in [1.165, 1.54) is 6.26 Å². The minimum atomic E-state index is -0.00865. The number of aromatic nitrogens is 3. The lowest BCUT2D eigenvalue weighted by Gasteiger charge is -1.78. The van der Waals surface area contributed by atoms with Crippen molar-refractivity contribution < 1.29 is 8.94 Å². The van der Waals surface area contributed by atoms with Crippen LogP contribution >= 0.6 is 11.6 Å². The van der Waals surface area contributed by atoms with Crippen LogP contribution in [0.1, 0.15) is 5.89 Å².